The lowest BCUT2D eigenvalue weighted by Gasteiger charge is -2.24. The molecule has 0 aromatic heterocycles. The molecular formula is C24H35ClN4O6. The Morgan fingerprint density at radius 2 is 1.63 bits per heavy atom. The van der Waals surface area contributed by atoms with Crippen LogP contribution in [-0.2, 0) is 19.2 Å². The van der Waals surface area contributed by atoms with E-state index in [0.717, 1.165) is 0 Å². The highest BCUT2D eigenvalue weighted by Gasteiger charge is 2.29. The lowest BCUT2D eigenvalue weighted by Crippen LogP contribution is -2.53. The molecule has 0 bridgehead atoms. The molecule has 194 valence electrons. The number of ether oxygens (including phenoxy) is 1. The van der Waals surface area contributed by atoms with Gasteiger partial charge in [-0.1, -0.05) is 30.9 Å². The van der Waals surface area contributed by atoms with Crippen molar-refractivity contribution < 1.29 is 29.0 Å². The molecule has 3 amide bonds. The molecule has 1 aromatic rings. The molecule has 0 saturated heterocycles. The average molecular weight is 511 g/mol. The lowest BCUT2D eigenvalue weighted by molar-refractivity contribution is -0.142. The van der Waals surface area contributed by atoms with Gasteiger partial charge in [0.2, 0.25) is 17.7 Å². The molecule has 0 aliphatic heterocycles. The number of carbonyl (C=O) groups is 4. The molecule has 0 unspecified atom stereocenters. The van der Waals surface area contributed by atoms with Crippen molar-refractivity contribution >= 4 is 36.1 Å². The zero-order valence-corrected chi connectivity index (χ0v) is 20.6. The van der Waals surface area contributed by atoms with Gasteiger partial charge in [0.1, 0.15) is 30.5 Å². The van der Waals surface area contributed by atoms with Crippen molar-refractivity contribution in [2.75, 3.05) is 13.2 Å². The van der Waals surface area contributed by atoms with Crippen molar-refractivity contribution in [2.45, 2.75) is 50.7 Å². The number of rotatable bonds is 16. The summed E-state index contributed by atoms with van der Waals surface area (Å²) in [6, 6.07) is 3.31. The smallest absolute Gasteiger partial charge is 0.326 e. The van der Waals surface area contributed by atoms with Crippen LogP contribution in [0.15, 0.2) is 49.6 Å². The lowest BCUT2D eigenvalue weighted by atomic mass is 10.0. The first-order chi connectivity index (χ1) is 16.2. The summed E-state index contributed by atoms with van der Waals surface area (Å²) in [4.78, 5) is 49.1. The van der Waals surface area contributed by atoms with E-state index in [-0.39, 0.29) is 25.2 Å². The van der Waals surface area contributed by atoms with Gasteiger partial charge in [-0.05, 0) is 49.9 Å². The largest absolute Gasteiger partial charge is 0.490 e. The number of hydrogen-bond acceptors (Lipinski definition) is 6. The molecule has 0 heterocycles. The number of halogens is 1. The molecule has 0 aliphatic carbocycles. The second kappa shape index (κ2) is 17.1. The third kappa shape index (κ3) is 11.5. The van der Waals surface area contributed by atoms with Crippen molar-refractivity contribution in [3.8, 4) is 5.75 Å². The van der Waals surface area contributed by atoms with Crippen molar-refractivity contribution in [3.05, 3.63) is 55.1 Å². The minimum atomic E-state index is -1.21. The van der Waals surface area contributed by atoms with Crippen LogP contribution in [0.5, 0.6) is 5.75 Å². The number of carboxylic acids is 1. The van der Waals surface area contributed by atoms with Crippen LogP contribution in [0.4, 0.5) is 0 Å². The van der Waals surface area contributed by atoms with E-state index in [9.17, 15) is 24.3 Å². The van der Waals surface area contributed by atoms with Crippen LogP contribution in [0.2, 0.25) is 0 Å². The Morgan fingerprint density at radius 3 is 2.14 bits per heavy atom. The fraction of sp³-hybridized carbons (Fsp3) is 0.417. The van der Waals surface area contributed by atoms with Gasteiger partial charge in [0, 0.05) is 6.92 Å². The van der Waals surface area contributed by atoms with Gasteiger partial charge in [-0.25, -0.2) is 4.79 Å². The topological polar surface area (TPSA) is 160 Å². The van der Waals surface area contributed by atoms with Crippen LogP contribution in [0, 0.1) is 0 Å². The summed E-state index contributed by atoms with van der Waals surface area (Å²) in [5.74, 6) is -2.34. The third-order valence-corrected chi connectivity index (χ3v) is 4.79. The highest BCUT2D eigenvalue weighted by atomic mass is 35.5. The number of nitrogens with two attached hydrogens (primary N) is 1. The summed E-state index contributed by atoms with van der Waals surface area (Å²) in [6.07, 6.45) is 4.41. The molecule has 3 atom stereocenters. The van der Waals surface area contributed by atoms with Crippen LogP contribution >= 0.6 is 12.4 Å². The minimum absolute atomic E-state index is 0. The number of nitrogens with one attached hydrogen (secondary N) is 3. The van der Waals surface area contributed by atoms with Crippen LogP contribution in [0.25, 0.3) is 0 Å². The Balaban J connectivity index is 0.0000116. The van der Waals surface area contributed by atoms with E-state index >= 15 is 0 Å². The first kappa shape index (κ1) is 31.6. The summed E-state index contributed by atoms with van der Waals surface area (Å²) in [5, 5.41) is 17.0. The molecule has 10 nitrogen and oxygen atoms in total. The molecule has 6 N–H and O–H groups in total. The van der Waals surface area contributed by atoms with Crippen LogP contribution in [0.1, 0.15) is 44.2 Å². The Bertz CT molecular complexity index is 862. The summed E-state index contributed by atoms with van der Waals surface area (Å²) >= 11 is 0. The summed E-state index contributed by atoms with van der Waals surface area (Å²) < 4.78 is 5.43. The molecule has 0 spiro atoms. The zero-order valence-electron chi connectivity index (χ0n) is 19.8. The summed E-state index contributed by atoms with van der Waals surface area (Å²) in [5.41, 5.74) is 6.02. The number of benzene rings is 1. The van der Waals surface area contributed by atoms with Gasteiger partial charge in [-0.15, -0.1) is 19.0 Å². The molecule has 0 radical (unpaired) electrons. The number of amides is 3. The van der Waals surface area contributed by atoms with E-state index in [1.54, 1.807) is 30.3 Å². The van der Waals surface area contributed by atoms with Gasteiger partial charge in [0.05, 0.1) is 0 Å². The van der Waals surface area contributed by atoms with E-state index in [0.29, 0.717) is 37.3 Å². The molecule has 11 heteroatoms. The first-order valence-electron chi connectivity index (χ1n) is 11.0. The van der Waals surface area contributed by atoms with E-state index < -0.39 is 41.8 Å². The Kier molecular flexibility index (Phi) is 15.5. The number of aliphatic carboxylic acids is 1. The molecule has 0 fully saturated rings. The van der Waals surface area contributed by atoms with E-state index in [1.807, 2.05) is 0 Å². The monoisotopic (exact) mass is 510 g/mol. The molecule has 1 aromatic carbocycles. The molecular weight excluding hydrogens is 476 g/mol. The highest BCUT2D eigenvalue weighted by Crippen LogP contribution is 2.19. The standard InChI is InChI=1S/C24H34N4O6.ClH/c1-4-8-20(24(32)33)28-22(30)19(9-6-7-14-25)27-23(31)21(26-16(3)29)17-10-12-18(13-11-17)34-15-5-2;/h4-5,10-13,19-21H,1-2,6-9,14-15,25H2,3H3,(H,26,29)(H,27,31)(H,28,30)(H,32,33);1H/t19-,20+,21+;/m1./s1. The second-order valence-corrected chi connectivity index (χ2v) is 7.57. The fourth-order valence-electron chi connectivity index (χ4n) is 3.09. The number of carbonyl (C=O) groups excluding carboxylic acids is 3. The fourth-order valence-corrected chi connectivity index (χ4v) is 3.09. The van der Waals surface area contributed by atoms with E-state index in [4.69, 9.17) is 10.5 Å². The maximum Gasteiger partial charge on any atom is 0.326 e. The predicted octanol–water partition coefficient (Wildman–Crippen LogP) is 1.61. The quantitative estimate of drug-likeness (QED) is 0.167. The highest BCUT2D eigenvalue weighted by molar-refractivity contribution is 5.93. The molecule has 1 rings (SSSR count). The van der Waals surface area contributed by atoms with E-state index in [1.165, 1.54) is 13.0 Å². The predicted molar refractivity (Wildman–Crippen MR) is 135 cm³/mol. The zero-order chi connectivity index (χ0) is 25.5. The van der Waals surface area contributed by atoms with Crippen molar-refractivity contribution in [3.63, 3.8) is 0 Å². The second-order valence-electron chi connectivity index (χ2n) is 7.57. The molecule has 35 heavy (non-hydrogen) atoms. The van der Waals surface area contributed by atoms with Gasteiger partial charge >= 0.3 is 5.97 Å². The molecule has 0 saturated carbocycles. The first-order valence-corrected chi connectivity index (χ1v) is 11.0. The molecule has 0 aliphatic rings. The number of hydrogen-bond donors (Lipinski definition) is 5. The van der Waals surface area contributed by atoms with Crippen LogP contribution in [0.3, 0.4) is 0 Å². The number of unbranched alkanes of at least 4 members (excludes halogenated alkanes) is 1. The van der Waals surface area contributed by atoms with Gasteiger partial charge < -0.3 is 31.5 Å². The average Bonchev–Trinajstić information content (AvgIpc) is 2.80. The summed E-state index contributed by atoms with van der Waals surface area (Å²) in [6.45, 7) is 9.08. The Hall–Kier alpha value is -3.37. The Labute approximate surface area is 211 Å². The van der Waals surface area contributed by atoms with Gasteiger partial charge in [-0.3, -0.25) is 14.4 Å². The van der Waals surface area contributed by atoms with Crippen LogP contribution < -0.4 is 26.4 Å². The normalized spacial score (nSPS) is 12.6. The minimum Gasteiger partial charge on any atom is -0.490 e. The van der Waals surface area contributed by atoms with Crippen molar-refractivity contribution in [2.24, 2.45) is 5.73 Å². The van der Waals surface area contributed by atoms with Crippen molar-refractivity contribution in [1.29, 1.82) is 0 Å². The van der Waals surface area contributed by atoms with Gasteiger partial charge in [0.15, 0.2) is 0 Å². The summed E-state index contributed by atoms with van der Waals surface area (Å²) in [7, 11) is 0. The maximum absolute atomic E-state index is 13.1. The van der Waals surface area contributed by atoms with Crippen molar-refractivity contribution in [1.82, 2.24) is 16.0 Å². The van der Waals surface area contributed by atoms with Gasteiger partial charge in [0.25, 0.3) is 0 Å². The van der Waals surface area contributed by atoms with Gasteiger partial charge in [-0.2, -0.15) is 0 Å². The number of carboxylic acid groups (broad SMARTS) is 1. The maximum atomic E-state index is 13.1. The van der Waals surface area contributed by atoms with Crippen LogP contribution in [-0.4, -0.2) is 54.0 Å². The SMILES string of the molecule is C=CCOc1ccc([C@H](NC(C)=O)C(=O)N[C@H](CCCCN)C(=O)N[C@@H](CC=C)C(=O)O)cc1.Cl. The third-order valence-electron chi connectivity index (χ3n) is 4.79. The van der Waals surface area contributed by atoms with E-state index in [2.05, 4.69) is 29.1 Å². The Morgan fingerprint density at radius 1 is 1.00 bits per heavy atom.